The third kappa shape index (κ3) is 4.59. The van der Waals surface area contributed by atoms with Crippen molar-refractivity contribution in [3.63, 3.8) is 0 Å². The van der Waals surface area contributed by atoms with Crippen LogP contribution in [-0.2, 0) is 6.54 Å². The molecule has 0 radical (unpaired) electrons. The molecule has 106 valence electrons. The number of nitrogens with one attached hydrogen (secondary N) is 1. The zero-order valence-corrected chi connectivity index (χ0v) is 11.9. The molecule has 2 nitrogen and oxygen atoms in total. The average Bonchev–Trinajstić information content (AvgIpc) is 2.44. The lowest BCUT2D eigenvalue weighted by Gasteiger charge is -2.26. The smallest absolute Gasteiger partial charge is 0.130 e. The first kappa shape index (κ1) is 14.5. The molecule has 1 aromatic carbocycles. The molecule has 0 spiro atoms. The van der Waals surface area contributed by atoms with Gasteiger partial charge in [-0.3, -0.25) is 0 Å². The van der Waals surface area contributed by atoms with Crippen molar-refractivity contribution >= 4 is 0 Å². The minimum atomic E-state index is -0.0639. The Bertz CT molecular complexity index is 386. The molecule has 19 heavy (non-hydrogen) atoms. The summed E-state index contributed by atoms with van der Waals surface area (Å²) in [5.74, 6) is -0.0639. The summed E-state index contributed by atoms with van der Waals surface area (Å²) < 4.78 is 13.8. The summed E-state index contributed by atoms with van der Waals surface area (Å²) in [6.45, 7) is 7.09. The lowest BCUT2D eigenvalue weighted by atomic mass is 10.1. The average molecular weight is 264 g/mol. The second kappa shape index (κ2) is 7.61. The normalized spacial score (nSPS) is 16.7. The maximum atomic E-state index is 13.8. The summed E-state index contributed by atoms with van der Waals surface area (Å²) in [5.41, 5.74) is 1.51. The topological polar surface area (TPSA) is 15.3 Å². The molecule has 0 saturated carbocycles. The van der Waals surface area contributed by atoms with Crippen LogP contribution in [0, 0.1) is 12.7 Å². The number of hydrogen-bond donors (Lipinski definition) is 1. The molecule has 1 saturated heterocycles. The van der Waals surface area contributed by atoms with Crippen molar-refractivity contribution < 1.29 is 4.39 Å². The number of likely N-dealkylation sites (tertiary alicyclic amines) is 1. The van der Waals surface area contributed by atoms with Gasteiger partial charge in [0.1, 0.15) is 5.82 Å². The number of nitrogens with zero attached hydrogens (tertiary/aromatic N) is 1. The van der Waals surface area contributed by atoms with Crippen molar-refractivity contribution in [1.29, 1.82) is 0 Å². The fourth-order valence-electron chi connectivity index (χ4n) is 2.68. The van der Waals surface area contributed by atoms with Crippen LogP contribution < -0.4 is 5.32 Å². The molecule has 1 aliphatic heterocycles. The first-order valence-electron chi connectivity index (χ1n) is 7.44. The summed E-state index contributed by atoms with van der Waals surface area (Å²) >= 11 is 0. The highest BCUT2D eigenvalue weighted by molar-refractivity contribution is 5.24. The van der Waals surface area contributed by atoms with Gasteiger partial charge in [-0.25, -0.2) is 4.39 Å². The second-order valence-electron chi connectivity index (χ2n) is 5.48. The van der Waals surface area contributed by atoms with E-state index in [2.05, 4.69) is 10.2 Å². The predicted molar refractivity (Wildman–Crippen MR) is 77.8 cm³/mol. The van der Waals surface area contributed by atoms with Crippen LogP contribution in [-0.4, -0.2) is 31.1 Å². The Morgan fingerprint density at radius 3 is 2.79 bits per heavy atom. The van der Waals surface area contributed by atoms with Gasteiger partial charge in [0.2, 0.25) is 0 Å². The van der Waals surface area contributed by atoms with Crippen LogP contribution in [0.1, 0.15) is 36.8 Å². The van der Waals surface area contributed by atoms with E-state index in [1.165, 1.54) is 38.9 Å². The van der Waals surface area contributed by atoms with Crippen LogP contribution in [0.5, 0.6) is 0 Å². The van der Waals surface area contributed by atoms with E-state index in [9.17, 15) is 4.39 Å². The molecule has 0 bridgehead atoms. The fraction of sp³-hybridized carbons (Fsp3) is 0.625. The van der Waals surface area contributed by atoms with E-state index < -0.39 is 0 Å². The van der Waals surface area contributed by atoms with Crippen molar-refractivity contribution in [3.8, 4) is 0 Å². The van der Waals surface area contributed by atoms with Crippen LogP contribution >= 0.6 is 0 Å². The zero-order chi connectivity index (χ0) is 13.5. The molecule has 1 fully saturated rings. The van der Waals surface area contributed by atoms with Gasteiger partial charge in [-0.05, 0) is 57.9 Å². The quantitative estimate of drug-likeness (QED) is 0.794. The van der Waals surface area contributed by atoms with E-state index in [0.29, 0.717) is 6.54 Å². The first-order chi connectivity index (χ1) is 9.27. The fourth-order valence-corrected chi connectivity index (χ4v) is 2.68. The zero-order valence-electron chi connectivity index (χ0n) is 11.9. The third-order valence-electron chi connectivity index (χ3n) is 3.86. The van der Waals surface area contributed by atoms with Crippen LogP contribution in [0.4, 0.5) is 4.39 Å². The van der Waals surface area contributed by atoms with Gasteiger partial charge in [-0.1, -0.05) is 24.6 Å². The molecule has 1 N–H and O–H groups in total. The monoisotopic (exact) mass is 264 g/mol. The molecule has 3 heteroatoms. The molecular formula is C16H25FN2. The van der Waals surface area contributed by atoms with Crippen LogP contribution in [0.3, 0.4) is 0 Å². The maximum Gasteiger partial charge on any atom is 0.130 e. The van der Waals surface area contributed by atoms with Crippen molar-refractivity contribution in [2.24, 2.45) is 0 Å². The summed E-state index contributed by atoms with van der Waals surface area (Å²) in [4.78, 5) is 2.54. The van der Waals surface area contributed by atoms with Crippen molar-refractivity contribution in [3.05, 3.63) is 35.1 Å². The second-order valence-corrected chi connectivity index (χ2v) is 5.48. The van der Waals surface area contributed by atoms with Gasteiger partial charge >= 0.3 is 0 Å². The standard InChI is InChI=1S/C16H25FN2/c1-14-7-5-8-15(16(14)17)13-18-9-6-12-19-10-3-2-4-11-19/h5,7-8,18H,2-4,6,9-13H2,1H3. The Balaban J connectivity index is 1.62. The van der Waals surface area contributed by atoms with Crippen LogP contribution in [0.25, 0.3) is 0 Å². The number of halogens is 1. The minimum Gasteiger partial charge on any atom is -0.313 e. The Labute approximate surface area is 116 Å². The molecule has 2 rings (SSSR count). The Morgan fingerprint density at radius 2 is 2.00 bits per heavy atom. The molecule has 0 amide bonds. The molecule has 0 aromatic heterocycles. The lowest BCUT2D eigenvalue weighted by molar-refractivity contribution is 0.225. The number of hydrogen-bond acceptors (Lipinski definition) is 2. The van der Waals surface area contributed by atoms with Gasteiger partial charge in [0.15, 0.2) is 0 Å². The van der Waals surface area contributed by atoms with Gasteiger partial charge in [0.25, 0.3) is 0 Å². The van der Waals surface area contributed by atoms with Crippen molar-refractivity contribution in [2.45, 2.75) is 39.2 Å². The molecular weight excluding hydrogens is 239 g/mol. The molecule has 1 heterocycles. The van der Waals surface area contributed by atoms with Crippen LogP contribution in [0.2, 0.25) is 0 Å². The molecule has 0 unspecified atom stereocenters. The summed E-state index contributed by atoms with van der Waals surface area (Å²) in [7, 11) is 0. The van der Waals surface area contributed by atoms with E-state index >= 15 is 0 Å². The summed E-state index contributed by atoms with van der Waals surface area (Å²) in [5, 5.41) is 3.34. The van der Waals surface area contributed by atoms with Gasteiger partial charge in [-0.2, -0.15) is 0 Å². The number of piperidine rings is 1. The Hall–Kier alpha value is -0.930. The van der Waals surface area contributed by atoms with Gasteiger partial charge in [-0.15, -0.1) is 0 Å². The largest absolute Gasteiger partial charge is 0.313 e. The SMILES string of the molecule is Cc1cccc(CNCCCN2CCCCC2)c1F. The van der Waals surface area contributed by atoms with Gasteiger partial charge in [0.05, 0.1) is 0 Å². The summed E-state index contributed by atoms with van der Waals surface area (Å²) in [6, 6.07) is 5.60. The highest BCUT2D eigenvalue weighted by Crippen LogP contribution is 2.11. The third-order valence-corrected chi connectivity index (χ3v) is 3.86. The molecule has 0 aliphatic carbocycles. The van der Waals surface area contributed by atoms with Crippen molar-refractivity contribution in [1.82, 2.24) is 10.2 Å². The Kier molecular flexibility index (Phi) is 5.80. The summed E-state index contributed by atoms with van der Waals surface area (Å²) in [6.07, 6.45) is 5.23. The van der Waals surface area contributed by atoms with Crippen molar-refractivity contribution in [2.75, 3.05) is 26.2 Å². The van der Waals surface area contributed by atoms with E-state index in [-0.39, 0.29) is 5.82 Å². The molecule has 0 atom stereocenters. The number of benzene rings is 1. The molecule has 1 aliphatic rings. The van der Waals surface area contributed by atoms with Gasteiger partial charge < -0.3 is 10.2 Å². The first-order valence-corrected chi connectivity index (χ1v) is 7.44. The predicted octanol–water partition coefficient (Wildman–Crippen LogP) is 3.10. The van der Waals surface area contributed by atoms with E-state index in [1.54, 1.807) is 0 Å². The molecule has 1 aromatic rings. The number of rotatable bonds is 6. The highest BCUT2D eigenvalue weighted by atomic mass is 19.1. The van der Waals surface area contributed by atoms with Crippen LogP contribution in [0.15, 0.2) is 18.2 Å². The lowest BCUT2D eigenvalue weighted by Crippen LogP contribution is -2.32. The van der Waals surface area contributed by atoms with E-state index in [4.69, 9.17) is 0 Å². The highest BCUT2D eigenvalue weighted by Gasteiger charge is 2.09. The van der Waals surface area contributed by atoms with Gasteiger partial charge in [0, 0.05) is 12.1 Å². The Morgan fingerprint density at radius 1 is 1.21 bits per heavy atom. The van der Waals surface area contributed by atoms with E-state index in [0.717, 1.165) is 24.1 Å². The number of aryl methyl sites for hydroxylation is 1. The minimum absolute atomic E-state index is 0.0639. The van der Waals surface area contributed by atoms with E-state index in [1.807, 2.05) is 25.1 Å². The maximum absolute atomic E-state index is 13.8.